The Morgan fingerprint density at radius 1 is 0.974 bits per heavy atom. The summed E-state index contributed by atoms with van der Waals surface area (Å²) in [5.74, 6) is -1.66. The summed E-state index contributed by atoms with van der Waals surface area (Å²) in [7, 11) is 0. The van der Waals surface area contributed by atoms with Crippen molar-refractivity contribution in [2.45, 2.75) is 25.2 Å². The minimum absolute atomic E-state index is 0.0416. The molecule has 0 radical (unpaired) electrons. The third-order valence-corrected chi connectivity index (χ3v) is 7.07. The van der Waals surface area contributed by atoms with E-state index in [1.165, 1.54) is 27.9 Å². The number of nitrogens with zero attached hydrogens (tertiary/aromatic N) is 6. The number of aromatic nitrogens is 4. The molecular formula is C25H15F3N6O4. The van der Waals surface area contributed by atoms with Gasteiger partial charge in [-0.3, -0.25) is 23.9 Å². The van der Waals surface area contributed by atoms with Crippen LogP contribution in [0.1, 0.15) is 60.6 Å². The highest BCUT2D eigenvalue weighted by molar-refractivity contribution is 6.21. The summed E-state index contributed by atoms with van der Waals surface area (Å²) in [5.41, 5.74) is -0.185. The van der Waals surface area contributed by atoms with Crippen LogP contribution in [-0.4, -0.2) is 53.8 Å². The molecule has 3 aliphatic heterocycles. The van der Waals surface area contributed by atoms with Crippen LogP contribution in [0.2, 0.25) is 0 Å². The third kappa shape index (κ3) is 3.01. The highest BCUT2D eigenvalue weighted by Crippen LogP contribution is 2.45. The van der Waals surface area contributed by atoms with Crippen LogP contribution in [0, 0.1) is 0 Å². The summed E-state index contributed by atoms with van der Waals surface area (Å²) in [6.45, 7) is 0.0479. The molecule has 3 amide bonds. The summed E-state index contributed by atoms with van der Waals surface area (Å²) < 4.78 is 48.3. The van der Waals surface area contributed by atoms with Crippen molar-refractivity contribution < 1.29 is 32.1 Å². The molecule has 10 nitrogen and oxygen atoms in total. The smallest absolute Gasteiger partial charge is 0.332 e. The van der Waals surface area contributed by atoms with E-state index >= 15 is 0 Å². The first-order valence-electron chi connectivity index (χ1n) is 11.6. The van der Waals surface area contributed by atoms with E-state index in [4.69, 9.17) is 4.52 Å². The SMILES string of the molecule is O=C1c2ccccc2C(=O)N1Cc1noc(-c2ncn3c2[C@@H]2CCN2C(=O)c2c-3cccc2C(F)(F)F)n1. The predicted molar refractivity (Wildman–Crippen MR) is 121 cm³/mol. The third-order valence-electron chi connectivity index (χ3n) is 7.07. The van der Waals surface area contributed by atoms with Crippen LogP contribution in [0.4, 0.5) is 13.2 Å². The van der Waals surface area contributed by atoms with Crippen LogP contribution >= 0.6 is 0 Å². The maximum Gasteiger partial charge on any atom is 0.417 e. The number of rotatable bonds is 3. The van der Waals surface area contributed by atoms with Gasteiger partial charge in [0.1, 0.15) is 6.33 Å². The number of imide groups is 1. The second-order valence-electron chi connectivity index (χ2n) is 9.11. The molecule has 3 aliphatic rings. The van der Waals surface area contributed by atoms with E-state index in [1.54, 1.807) is 24.3 Å². The molecule has 0 N–H and O–H groups in total. The number of hydrogen-bond donors (Lipinski definition) is 0. The molecule has 38 heavy (non-hydrogen) atoms. The number of benzene rings is 2. The summed E-state index contributed by atoms with van der Waals surface area (Å²) >= 11 is 0. The molecule has 0 saturated carbocycles. The number of alkyl halides is 3. The van der Waals surface area contributed by atoms with Crippen molar-refractivity contribution >= 4 is 17.7 Å². The molecule has 1 saturated heterocycles. The summed E-state index contributed by atoms with van der Waals surface area (Å²) in [4.78, 5) is 49.6. The van der Waals surface area contributed by atoms with Crippen molar-refractivity contribution in [3.8, 4) is 17.3 Å². The fourth-order valence-electron chi connectivity index (χ4n) is 5.23. The van der Waals surface area contributed by atoms with Crippen molar-refractivity contribution in [3.63, 3.8) is 0 Å². The van der Waals surface area contributed by atoms with Gasteiger partial charge in [-0.05, 0) is 30.7 Å². The molecule has 2 aromatic heterocycles. The second-order valence-corrected chi connectivity index (χ2v) is 9.11. The van der Waals surface area contributed by atoms with Gasteiger partial charge in [0.25, 0.3) is 23.6 Å². The summed E-state index contributed by atoms with van der Waals surface area (Å²) in [5, 5.41) is 3.90. The number of halogens is 3. The fraction of sp³-hybridized carbons (Fsp3) is 0.200. The van der Waals surface area contributed by atoms with Crippen LogP contribution in [0.5, 0.6) is 0 Å². The Hall–Kier alpha value is -4.81. The zero-order chi connectivity index (χ0) is 26.3. The molecular weight excluding hydrogens is 505 g/mol. The Kier molecular flexibility index (Phi) is 4.48. The topological polar surface area (TPSA) is 114 Å². The van der Waals surface area contributed by atoms with E-state index in [9.17, 15) is 27.6 Å². The Morgan fingerprint density at radius 3 is 2.37 bits per heavy atom. The van der Waals surface area contributed by atoms with E-state index in [2.05, 4.69) is 15.1 Å². The Labute approximate surface area is 211 Å². The van der Waals surface area contributed by atoms with Crippen LogP contribution < -0.4 is 0 Å². The average molecular weight is 520 g/mol. The Balaban J connectivity index is 1.28. The molecule has 2 aromatic carbocycles. The quantitative estimate of drug-likeness (QED) is 0.379. The summed E-state index contributed by atoms with van der Waals surface area (Å²) in [6.07, 6.45) is -2.89. The van der Waals surface area contributed by atoms with Gasteiger partial charge < -0.3 is 9.42 Å². The number of carbonyl (C=O) groups is 3. The highest BCUT2D eigenvalue weighted by atomic mass is 19.4. The highest BCUT2D eigenvalue weighted by Gasteiger charge is 2.46. The molecule has 190 valence electrons. The molecule has 7 rings (SSSR count). The van der Waals surface area contributed by atoms with Gasteiger partial charge in [0.15, 0.2) is 11.5 Å². The molecule has 0 bridgehead atoms. The maximum absolute atomic E-state index is 13.8. The van der Waals surface area contributed by atoms with Gasteiger partial charge in [-0.1, -0.05) is 23.4 Å². The van der Waals surface area contributed by atoms with Gasteiger partial charge in [0.2, 0.25) is 0 Å². The van der Waals surface area contributed by atoms with Crippen molar-refractivity contribution in [2.24, 2.45) is 0 Å². The lowest BCUT2D eigenvalue weighted by Crippen LogP contribution is -2.45. The number of hydrogen-bond acceptors (Lipinski definition) is 7. The predicted octanol–water partition coefficient (Wildman–Crippen LogP) is 3.64. The number of imidazole rings is 1. The molecule has 0 unspecified atom stereocenters. The van der Waals surface area contributed by atoms with E-state index in [-0.39, 0.29) is 47.3 Å². The van der Waals surface area contributed by atoms with Crippen LogP contribution in [0.15, 0.2) is 53.3 Å². The van der Waals surface area contributed by atoms with Gasteiger partial charge in [-0.15, -0.1) is 0 Å². The molecule has 1 atom stereocenters. The van der Waals surface area contributed by atoms with Gasteiger partial charge >= 0.3 is 6.18 Å². The van der Waals surface area contributed by atoms with Gasteiger partial charge in [-0.2, -0.15) is 18.2 Å². The van der Waals surface area contributed by atoms with Crippen LogP contribution in [-0.2, 0) is 12.7 Å². The number of amides is 3. The molecule has 13 heteroatoms. The number of fused-ring (bicyclic) bond motifs is 6. The van der Waals surface area contributed by atoms with E-state index in [0.717, 1.165) is 11.0 Å². The maximum atomic E-state index is 13.8. The Bertz CT molecular complexity index is 1660. The van der Waals surface area contributed by atoms with Gasteiger partial charge in [0, 0.05) is 6.54 Å². The van der Waals surface area contributed by atoms with Crippen LogP contribution in [0.3, 0.4) is 0 Å². The van der Waals surface area contributed by atoms with Gasteiger partial charge in [-0.25, -0.2) is 4.98 Å². The first-order chi connectivity index (χ1) is 18.2. The summed E-state index contributed by atoms with van der Waals surface area (Å²) in [6, 6.07) is 9.47. The molecule has 0 spiro atoms. The first kappa shape index (κ1) is 22.4. The number of carbonyl (C=O) groups excluding carboxylic acids is 3. The minimum atomic E-state index is -4.72. The van der Waals surface area contributed by atoms with E-state index < -0.39 is 41.1 Å². The van der Waals surface area contributed by atoms with Crippen molar-refractivity contribution in [1.82, 2.24) is 29.5 Å². The fourth-order valence-corrected chi connectivity index (χ4v) is 5.23. The van der Waals surface area contributed by atoms with Gasteiger partial charge in [0.05, 0.1) is 46.2 Å². The normalized spacial score (nSPS) is 18.1. The molecule has 1 fully saturated rings. The molecule has 0 aliphatic carbocycles. The minimum Gasteiger partial charge on any atom is -0.332 e. The lowest BCUT2D eigenvalue weighted by Gasteiger charge is -2.40. The Morgan fingerprint density at radius 2 is 1.71 bits per heavy atom. The lowest BCUT2D eigenvalue weighted by molar-refractivity contribution is -0.138. The van der Waals surface area contributed by atoms with Crippen molar-refractivity contribution in [1.29, 1.82) is 0 Å². The van der Waals surface area contributed by atoms with Crippen molar-refractivity contribution in [2.75, 3.05) is 6.54 Å². The monoisotopic (exact) mass is 520 g/mol. The lowest BCUT2D eigenvalue weighted by atomic mass is 9.96. The zero-order valence-corrected chi connectivity index (χ0v) is 19.3. The standard InChI is InChI=1S/C25H15F3N6O4/c26-25(27,28)14-6-3-7-15-18(14)24(37)32-9-8-16(32)20-19(29-11-34(15)20)21-30-17(31-38-21)10-33-22(35)12-4-1-2-5-13(12)23(33)36/h1-7,11,16H,8-10H2/t16-/m0/s1. The first-order valence-corrected chi connectivity index (χ1v) is 11.6. The zero-order valence-electron chi connectivity index (χ0n) is 19.3. The average Bonchev–Trinajstić information content (AvgIpc) is 3.55. The largest absolute Gasteiger partial charge is 0.417 e. The van der Waals surface area contributed by atoms with E-state index in [1.807, 2.05) is 0 Å². The van der Waals surface area contributed by atoms with Crippen LogP contribution in [0.25, 0.3) is 17.3 Å². The van der Waals surface area contributed by atoms with Crippen molar-refractivity contribution in [3.05, 3.63) is 82.6 Å². The van der Waals surface area contributed by atoms with E-state index in [0.29, 0.717) is 12.1 Å². The second kappa shape index (κ2) is 7.60. The molecule has 4 aromatic rings. The molecule has 5 heterocycles.